The Kier molecular flexibility index (Phi) is 6.71. The van der Waals surface area contributed by atoms with Crippen molar-refractivity contribution in [2.45, 2.75) is 36.8 Å². The Balaban J connectivity index is 1.55. The number of carbonyl (C=O) groups excluding carboxylic acids is 2. The molecule has 5 rings (SSSR count). The maximum Gasteiger partial charge on any atom is 0.248 e. The van der Waals surface area contributed by atoms with Crippen LogP contribution in [-0.4, -0.2) is 35.3 Å². The molecule has 1 aromatic heterocycles. The van der Waals surface area contributed by atoms with Crippen LogP contribution in [0.3, 0.4) is 0 Å². The molecule has 1 unspecified atom stereocenters. The zero-order valence-corrected chi connectivity index (χ0v) is 20.9. The molecule has 3 heterocycles. The van der Waals surface area contributed by atoms with Gasteiger partial charge in [-0.1, -0.05) is 54.7 Å². The Bertz CT molecular complexity index is 1200. The molecule has 2 aliphatic rings. The number of nitrogens with zero attached hydrogens (tertiary/aromatic N) is 1. The summed E-state index contributed by atoms with van der Waals surface area (Å²) in [6.45, 7) is 1.49. The van der Waals surface area contributed by atoms with Crippen LogP contribution >= 0.6 is 35.8 Å². The number of anilines is 1. The van der Waals surface area contributed by atoms with Crippen molar-refractivity contribution in [1.82, 2.24) is 4.31 Å². The summed E-state index contributed by atoms with van der Waals surface area (Å²) < 4.78 is 6.92. The molecule has 5 nitrogen and oxygen atoms in total. The number of thiophene rings is 1. The van der Waals surface area contributed by atoms with Gasteiger partial charge in [0.05, 0.1) is 0 Å². The van der Waals surface area contributed by atoms with Crippen LogP contribution in [0.2, 0.25) is 5.02 Å². The van der Waals surface area contributed by atoms with Gasteiger partial charge in [-0.15, -0.1) is 0 Å². The third-order valence-corrected chi connectivity index (χ3v) is 8.28. The first-order valence-electron chi connectivity index (χ1n) is 11.3. The third-order valence-electron chi connectivity index (χ3n) is 6.72. The van der Waals surface area contributed by atoms with Gasteiger partial charge in [0.1, 0.15) is 11.5 Å². The molecular weight excluding hydrogens is 488 g/mol. The molecule has 0 spiro atoms. The van der Waals surface area contributed by atoms with Crippen LogP contribution in [-0.2, 0) is 19.9 Å². The summed E-state index contributed by atoms with van der Waals surface area (Å²) in [6, 6.07) is 17.3. The molecule has 34 heavy (non-hydrogen) atoms. The van der Waals surface area contributed by atoms with Crippen LogP contribution in [0.25, 0.3) is 0 Å². The number of ether oxygens (including phenoxy) is 1. The van der Waals surface area contributed by atoms with Gasteiger partial charge in [0.25, 0.3) is 0 Å². The van der Waals surface area contributed by atoms with Crippen molar-refractivity contribution in [3.8, 4) is 0 Å². The Labute approximate surface area is 213 Å². The third kappa shape index (κ3) is 4.15. The van der Waals surface area contributed by atoms with Gasteiger partial charge in [-0.2, -0.15) is 11.3 Å². The Morgan fingerprint density at radius 2 is 1.85 bits per heavy atom. The number of rotatable bonds is 5. The number of amides is 1. The van der Waals surface area contributed by atoms with Crippen molar-refractivity contribution >= 4 is 53.1 Å². The van der Waals surface area contributed by atoms with Crippen LogP contribution in [0.1, 0.15) is 41.9 Å². The number of nitrogens with one attached hydrogen (secondary N) is 1. The number of Topliss-reactive ketones (excluding diaryl/α,β-unsaturated/α-hetero) is 1. The monoisotopic (exact) mass is 512 g/mol. The van der Waals surface area contributed by atoms with E-state index in [-0.39, 0.29) is 18.1 Å². The summed E-state index contributed by atoms with van der Waals surface area (Å²) >= 11 is 12.6. The van der Waals surface area contributed by atoms with Crippen LogP contribution in [0.4, 0.5) is 5.69 Å². The van der Waals surface area contributed by atoms with E-state index in [9.17, 15) is 9.59 Å². The van der Waals surface area contributed by atoms with E-state index in [1.807, 2.05) is 41.1 Å². The molecule has 1 amide bonds. The predicted molar refractivity (Wildman–Crippen MR) is 139 cm³/mol. The van der Waals surface area contributed by atoms with E-state index < -0.39 is 11.5 Å². The highest BCUT2D eigenvalue weighted by atomic mass is 35.5. The van der Waals surface area contributed by atoms with Crippen molar-refractivity contribution in [2.24, 2.45) is 0 Å². The Morgan fingerprint density at radius 1 is 1.06 bits per heavy atom. The van der Waals surface area contributed by atoms with Crippen LogP contribution in [0.5, 0.6) is 0 Å². The summed E-state index contributed by atoms with van der Waals surface area (Å²) in [5.74, 6) is -1.51. The standard InChI is InChI=1S/C26H25ClN2O3S2/c27-22-7-2-1-6-21(22)24-23(30)15-26(29(33)25(24)31,18-10-13-34-16-18)17-4-3-5-20(14-17)28-19-8-11-32-12-9-19/h1-7,10,13-14,16,19,24,28,33H,8-9,11-12,15H2/t24?,26-/m0/s1. The zero-order valence-electron chi connectivity index (χ0n) is 18.4. The number of ketones is 1. The topological polar surface area (TPSA) is 58.6 Å². The normalized spacial score (nSPS) is 23.8. The second kappa shape index (κ2) is 9.74. The summed E-state index contributed by atoms with van der Waals surface area (Å²) in [6.07, 6.45) is 1.99. The molecule has 0 radical (unpaired) electrons. The molecule has 2 aromatic carbocycles. The van der Waals surface area contributed by atoms with Gasteiger partial charge in [0, 0.05) is 36.4 Å². The summed E-state index contributed by atoms with van der Waals surface area (Å²) in [5, 5.41) is 7.94. The van der Waals surface area contributed by atoms with Crippen LogP contribution in [0.15, 0.2) is 65.4 Å². The first-order valence-corrected chi connectivity index (χ1v) is 13.0. The minimum atomic E-state index is -1.01. The van der Waals surface area contributed by atoms with E-state index in [1.165, 1.54) is 15.6 Å². The van der Waals surface area contributed by atoms with Crippen molar-refractivity contribution in [2.75, 3.05) is 18.5 Å². The van der Waals surface area contributed by atoms with Gasteiger partial charge in [-0.25, -0.2) is 0 Å². The molecule has 1 N–H and O–H groups in total. The van der Waals surface area contributed by atoms with Crippen molar-refractivity contribution in [3.63, 3.8) is 0 Å². The minimum Gasteiger partial charge on any atom is -0.382 e. The largest absolute Gasteiger partial charge is 0.382 e. The lowest BCUT2D eigenvalue weighted by atomic mass is 9.73. The summed E-state index contributed by atoms with van der Waals surface area (Å²) in [4.78, 5) is 27.3. The molecule has 2 aliphatic heterocycles. The highest BCUT2D eigenvalue weighted by Gasteiger charge is 2.53. The van der Waals surface area contributed by atoms with Gasteiger partial charge >= 0.3 is 0 Å². The number of carbonyl (C=O) groups is 2. The fourth-order valence-electron chi connectivity index (χ4n) is 4.95. The molecule has 0 aliphatic carbocycles. The molecule has 3 aromatic rings. The van der Waals surface area contributed by atoms with E-state index in [2.05, 4.69) is 5.32 Å². The van der Waals surface area contributed by atoms with E-state index in [0.29, 0.717) is 16.6 Å². The number of piperidine rings is 1. The Hall–Kier alpha value is -2.32. The van der Waals surface area contributed by atoms with Gasteiger partial charge in [-0.05, 0) is 64.6 Å². The molecular formula is C26H25ClN2O3S2. The van der Waals surface area contributed by atoms with Crippen molar-refractivity contribution < 1.29 is 14.3 Å². The SMILES string of the molecule is O=C1C[C@@](c2ccsc2)(c2cccc(NC3CCOCC3)c2)N(S)C(=O)C1c1ccccc1Cl. The lowest BCUT2D eigenvalue weighted by Crippen LogP contribution is -2.54. The average Bonchev–Trinajstić information content (AvgIpc) is 3.39. The number of benzene rings is 2. The molecule has 2 atom stereocenters. The van der Waals surface area contributed by atoms with E-state index >= 15 is 0 Å². The van der Waals surface area contributed by atoms with Gasteiger partial charge in [-0.3, -0.25) is 13.9 Å². The van der Waals surface area contributed by atoms with Crippen molar-refractivity contribution in [3.05, 3.63) is 87.1 Å². The van der Waals surface area contributed by atoms with E-state index in [0.717, 1.165) is 42.9 Å². The van der Waals surface area contributed by atoms with Gasteiger partial charge in [0.2, 0.25) is 5.91 Å². The van der Waals surface area contributed by atoms with Crippen molar-refractivity contribution in [1.29, 1.82) is 0 Å². The van der Waals surface area contributed by atoms with Crippen LogP contribution < -0.4 is 5.32 Å². The quantitative estimate of drug-likeness (QED) is 0.342. The highest BCUT2D eigenvalue weighted by molar-refractivity contribution is 7.78. The lowest BCUT2D eigenvalue weighted by molar-refractivity contribution is -0.142. The number of hydrogen-bond acceptors (Lipinski definition) is 6. The fourth-order valence-corrected chi connectivity index (χ4v) is 6.34. The Morgan fingerprint density at radius 3 is 2.59 bits per heavy atom. The second-order valence-electron chi connectivity index (χ2n) is 8.73. The maximum atomic E-state index is 13.7. The molecule has 0 saturated carbocycles. The smallest absolute Gasteiger partial charge is 0.248 e. The molecule has 0 bridgehead atoms. The maximum absolute atomic E-state index is 13.7. The highest BCUT2D eigenvalue weighted by Crippen LogP contribution is 2.48. The molecule has 176 valence electrons. The molecule has 2 fully saturated rings. The van der Waals surface area contributed by atoms with Gasteiger partial charge < -0.3 is 10.1 Å². The van der Waals surface area contributed by atoms with Gasteiger partial charge in [0.15, 0.2) is 5.78 Å². The number of thiol groups is 1. The second-order valence-corrected chi connectivity index (χ2v) is 10.3. The first kappa shape index (κ1) is 23.4. The average molecular weight is 513 g/mol. The minimum absolute atomic E-state index is 0.107. The van der Waals surface area contributed by atoms with E-state index in [4.69, 9.17) is 29.2 Å². The summed E-state index contributed by atoms with van der Waals surface area (Å²) in [7, 11) is 0. The molecule has 8 heteroatoms. The number of hydrogen-bond donors (Lipinski definition) is 2. The molecule has 2 saturated heterocycles. The lowest BCUT2D eigenvalue weighted by Gasteiger charge is -2.46. The van der Waals surface area contributed by atoms with Crippen LogP contribution in [0, 0.1) is 0 Å². The summed E-state index contributed by atoms with van der Waals surface area (Å²) in [5.41, 5.74) is 2.18. The first-order chi connectivity index (χ1) is 16.5. The number of halogens is 1. The zero-order chi connectivity index (χ0) is 23.7. The van der Waals surface area contributed by atoms with E-state index in [1.54, 1.807) is 24.3 Å². The predicted octanol–water partition coefficient (Wildman–Crippen LogP) is 5.67. The fraction of sp³-hybridized carbons (Fsp3) is 0.308.